The molecule has 0 aromatic heterocycles. The lowest BCUT2D eigenvalue weighted by atomic mass is 10.2. The molecule has 1 rings (SSSR count). The molecule has 0 atom stereocenters. The minimum atomic E-state index is -4.24. The van der Waals surface area contributed by atoms with Crippen LogP contribution in [0.1, 0.15) is 5.56 Å². The van der Waals surface area contributed by atoms with E-state index in [-0.39, 0.29) is 10.6 Å². The first-order valence-corrected chi connectivity index (χ1v) is 6.60. The molecule has 96 valence electrons. The molecule has 0 amide bonds. The Morgan fingerprint density at radius 1 is 1.35 bits per heavy atom. The van der Waals surface area contributed by atoms with Gasteiger partial charge in [-0.1, -0.05) is 6.07 Å². The molecular formula is C11H17NO4S. The highest BCUT2D eigenvalue weighted by molar-refractivity contribution is 7.86. The number of benzene rings is 1. The third-order valence-corrected chi connectivity index (χ3v) is 3.07. The average molecular weight is 259 g/mol. The number of hydrogen-bond donors (Lipinski definition) is 1. The molecule has 17 heavy (non-hydrogen) atoms. The van der Waals surface area contributed by atoms with Gasteiger partial charge < -0.3 is 9.64 Å². The quantitative estimate of drug-likeness (QED) is 0.804. The zero-order valence-corrected chi connectivity index (χ0v) is 11.0. The molecule has 1 N–H and O–H groups in total. The Bertz CT molecular complexity index is 482. The van der Waals surface area contributed by atoms with Crippen molar-refractivity contribution in [3.05, 3.63) is 23.8 Å². The van der Waals surface area contributed by atoms with Crippen LogP contribution in [0.2, 0.25) is 0 Å². The SMILES string of the molecule is Cc1ccc(S(=O)(=O)O)c(OCCN(C)C)c1. The number of hydrogen-bond acceptors (Lipinski definition) is 4. The van der Waals surface area contributed by atoms with Crippen LogP contribution < -0.4 is 4.74 Å². The highest BCUT2D eigenvalue weighted by atomic mass is 32.2. The standard InChI is InChI=1S/C11H17NO4S/c1-9-4-5-11(17(13,14)15)10(8-9)16-7-6-12(2)3/h4-5,8H,6-7H2,1-3H3,(H,13,14,15). The average Bonchev–Trinajstić information content (AvgIpc) is 2.15. The summed E-state index contributed by atoms with van der Waals surface area (Å²) in [7, 11) is -0.455. The lowest BCUT2D eigenvalue weighted by Crippen LogP contribution is -2.20. The Morgan fingerprint density at radius 2 is 2.00 bits per heavy atom. The fourth-order valence-electron chi connectivity index (χ4n) is 1.28. The molecule has 0 radical (unpaired) electrons. The fourth-order valence-corrected chi connectivity index (χ4v) is 1.89. The highest BCUT2D eigenvalue weighted by Gasteiger charge is 2.16. The molecule has 1 aromatic carbocycles. The summed E-state index contributed by atoms with van der Waals surface area (Å²) < 4.78 is 36.7. The van der Waals surface area contributed by atoms with Crippen LogP contribution in [0.4, 0.5) is 0 Å². The van der Waals surface area contributed by atoms with Crippen LogP contribution in [-0.2, 0) is 10.1 Å². The van der Waals surface area contributed by atoms with Crippen molar-refractivity contribution in [2.24, 2.45) is 0 Å². The van der Waals surface area contributed by atoms with Gasteiger partial charge in [-0.2, -0.15) is 8.42 Å². The summed E-state index contributed by atoms with van der Waals surface area (Å²) in [6.45, 7) is 2.85. The molecule has 0 aliphatic carbocycles. The maximum atomic E-state index is 11.1. The molecule has 0 heterocycles. The van der Waals surface area contributed by atoms with Gasteiger partial charge in [-0.15, -0.1) is 0 Å². The molecule has 0 spiro atoms. The largest absolute Gasteiger partial charge is 0.491 e. The van der Waals surface area contributed by atoms with Crippen LogP contribution in [-0.4, -0.2) is 45.1 Å². The Kier molecular flexibility index (Phi) is 4.50. The summed E-state index contributed by atoms with van der Waals surface area (Å²) in [4.78, 5) is 1.73. The van der Waals surface area contributed by atoms with E-state index >= 15 is 0 Å². The molecule has 0 saturated heterocycles. The number of ether oxygens (including phenoxy) is 1. The molecule has 6 heteroatoms. The van der Waals surface area contributed by atoms with Gasteiger partial charge in [-0.05, 0) is 38.7 Å². The minimum absolute atomic E-state index is 0.189. The van der Waals surface area contributed by atoms with Crippen molar-refractivity contribution in [1.82, 2.24) is 4.90 Å². The van der Waals surface area contributed by atoms with Crippen LogP contribution in [0.5, 0.6) is 5.75 Å². The minimum Gasteiger partial charge on any atom is -0.491 e. The van der Waals surface area contributed by atoms with Crippen molar-refractivity contribution in [2.45, 2.75) is 11.8 Å². The smallest absolute Gasteiger partial charge is 0.298 e. The molecule has 5 nitrogen and oxygen atoms in total. The van der Waals surface area contributed by atoms with Gasteiger partial charge in [0.05, 0.1) is 0 Å². The van der Waals surface area contributed by atoms with Gasteiger partial charge in [-0.25, -0.2) is 0 Å². The maximum Gasteiger partial charge on any atom is 0.298 e. The van der Waals surface area contributed by atoms with Gasteiger partial charge in [0.2, 0.25) is 0 Å². The second-order valence-electron chi connectivity index (χ2n) is 4.08. The van der Waals surface area contributed by atoms with Crippen molar-refractivity contribution in [1.29, 1.82) is 0 Å². The second kappa shape index (κ2) is 5.48. The fraction of sp³-hybridized carbons (Fsp3) is 0.455. The van der Waals surface area contributed by atoms with E-state index in [9.17, 15) is 8.42 Å². The highest BCUT2D eigenvalue weighted by Crippen LogP contribution is 2.24. The van der Waals surface area contributed by atoms with Crippen LogP contribution >= 0.6 is 0 Å². The third kappa shape index (κ3) is 4.33. The van der Waals surface area contributed by atoms with E-state index < -0.39 is 10.1 Å². The van der Waals surface area contributed by atoms with E-state index in [0.29, 0.717) is 13.2 Å². The first-order chi connectivity index (χ1) is 7.80. The molecule has 1 aromatic rings. The summed E-state index contributed by atoms with van der Waals surface area (Å²) in [6.07, 6.45) is 0. The number of nitrogens with zero attached hydrogens (tertiary/aromatic N) is 1. The van der Waals surface area contributed by atoms with E-state index in [4.69, 9.17) is 9.29 Å². The third-order valence-electron chi connectivity index (χ3n) is 2.17. The zero-order chi connectivity index (χ0) is 13.1. The molecule has 0 unspecified atom stereocenters. The predicted octanol–water partition coefficient (Wildman–Crippen LogP) is 1.18. The predicted molar refractivity (Wildman–Crippen MR) is 65.0 cm³/mol. The molecule has 0 saturated carbocycles. The van der Waals surface area contributed by atoms with Crippen molar-refractivity contribution in [3.8, 4) is 5.75 Å². The summed E-state index contributed by atoms with van der Waals surface area (Å²) in [5, 5.41) is 0. The van der Waals surface area contributed by atoms with Gasteiger partial charge in [-0.3, -0.25) is 4.55 Å². The van der Waals surface area contributed by atoms with Gasteiger partial charge in [0.25, 0.3) is 10.1 Å². The summed E-state index contributed by atoms with van der Waals surface area (Å²) >= 11 is 0. The van der Waals surface area contributed by atoms with E-state index in [1.54, 1.807) is 12.1 Å². The Morgan fingerprint density at radius 3 is 2.53 bits per heavy atom. The zero-order valence-electron chi connectivity index (χ0n) is 10.2. The van der Waals surface area contributed by atoms with E-state index in [2.05, 4.69) is 0 Å². The summed E-state index contributed by atoms with van der Waals surface area (Å²) in [6, 6.07) is 4.55. The normalized spacial score (nSPS) is 11.8. The van der Waals surface area contributed by atoms with Crippen LogP contribution in [0.3, 0.4) is 0 Å². The lowest BCUT2D eigenvalue weighted by Gasteiger charge is -2.13. The van der Waals surface area contributed by atoms with Crippen LogP contribution in [0.25, 0.3) is 0 Å². The van der Waals surface area contributed by atoms with Crippen molar-refractivity contribution in [3.63, 3.8) is 0 Å². The molecular weight excluding hydrogens is 242 g/mol. The van der Waals surface area contributed by atoms with Gasteiger partial charge in [0.1, 0.15) is 17.3 Å². The van der Waals surface area contributed by atoms with Crippen LogP contribution in [0, 0.1) is 6.92 Å². The topological polar surface area (TPSA) is 66.8 Å². The summed E-state index contributed by atoms with van der Waals surface area (Å²) in [5.41, 5.74) is 0.872. The van der Waals surface area contributed by atoms with Crippen LogP contribution in [0.15, 0.2) is 23.1 Å². The van der Waals surface area contributed by atoms with Gasteiger partial charge in [0, 0.05) is 6.54 Å². The Balaban J connectivity index is 2.92. The number of rotatable bonds is 5. The molecule has 0 aliphatic heterocycles. The van der Waals surface area contributed by atoms with Crippen molar-refractivity contribution >= 4 is 10.1 Å². The van der Waals surface area contributed by atoms with E-state index in [0.717, 1.165) is 5.56 Å². The monoisotopic (exact) mass is 259 g/mol. The van der Waals surface area contributed by atoms with Crippen molar-refractivity contribution < 1.29 is 17.7 Å². The lowest BCUT2D eigenvalue weighted by molar-refractivity contribution is 0.255. The van der Waals surface area contributed by atoms with E-state index in [1.165, 1.54) is 6.07 Å². The Hall–Kier alpha value is -1.11. The summed E-state index contributed by atoms with van der Waals surface area (Å²) in [5.74, 6) is 0.189. The molecule has 0 fully saturated rings. The van der Waals surface area contributed by atoms with Gasteiger partial charge in [0.15, 0.2) is 0 Å². The Labute approximate surface area is 102 Å². The number of likely N-dealkylation sites (N-methyl/N-ethyl adjacent to an activating group) is 1. The number of aryl methyl sites for hydroxylation is 1. The molecule has 0 bridgehead atoms. The van der Waals surface area contributed by atoms with E-state index in [1.807, 2.05) is 25.9 Å². The molecule has 0 aliphatic rings. The van der Waals surface area contributed by atoms with Crippen molar-refractivity contribution in [2.75, 3.05) is 27.2 Å². The first-order valence-electron chi connectivity index (χ1n) is 5.16. The first kappa shape index (κ1) is 14.0. The van der Waals surface area contributed by atoms with Gasteiger partial charge >= 0.3 is 0 Å². The maximum absolute atomic E-state index is 11.1. The second-order valence-corrected chi connectivity index (χ2v) is 5.47.